The van der Waals surface area contributed by atoms with Crippen molar-refractivity contribution >= 4 is 41.2 Å². The zero-order valence-corrected chi connectivity index (χ0v) is 11.9. The lowest BCUT2D eigenvalue weighted by molar-refractivity contribution is -0.140. The van der Waals surface area contributed by atoms with Gasteiger partial charge in [-0.3, -0.25) is 0 Å². The van der Waals surface area contributed by atoms with Gasteiger partial charge in [0.1, 0.15) is 17.1 Å². The van der Waals surface area contributed by atoms with E-state index in [-0.39, 0.29) is 5.76 Å². The van der Waals surface area contributed by atoms with E-state index < -0.39 is 17.5 Å². The van der Waals surface area contributed by atoms with Crippen LogP contribution in [0.1, 0.15) is 5.76 Å². The topological polar surface area (TPSA) is 87.7 Å². The summed E-state index contributed by atoms with van der Waals surface area (Å²) in [5.74, 6) is -2.67. The fraction of sp³-hybridized carbons (Fsp3) is 0. The summed E-state index contributed by atoms with van der Waals surface area (Å²) >= 11 is 11.9. The number of carbonyl (C=O) groups is 2. The Balaban J connectivity index is 2.42. The second-order valence-corrected chi connectivity index (χ2v) is 4.84. The van der Waals surface area contributed by atoms with Crippen LogP contribution in [-0.4, -0.2) is 22.2 Å². The zero-order chi connectivity index (χ0) is 15.6. The van der Waals surface area contributed by atoms with Crippen LogP contribution in [-0.2, 0) is 9.59 Å². The first-order chi connectivity index (χ1) is 9.88. The van der Waals surface area contributed by atoms with Gasteiger partial charge in [0, 0.05) is 16.7 Å². The summed E-state index contributed by atoms with van der Waals surface area (Å²) in [6, 6.07) is 7.79. The Hall–Kier alpha value is -2.24. The van der Waals surface area contributed by atoms with E-state index in [1.807, 2.05) is 0 Å². The molecule has 1 aromatic heterocycles. The molecular weight excluding hydrogens is 319 g/mol. The Labute approximate surface area is 129 Å². The minimum atomic E-state index is -1.55. The monoisotopic (exact) mass is 326 g/mol. The predicted molar refractivity (Wildman–Crippen MR) is 77.4 cm³/mol. The maximum atomic E-state index is 10.8. The molecule has 0 fully saturated rings. The van der Waals surface area contributed by atoms with Crippen LogP contribution in [0.25, 0.3) is 17.4 Å². The molecule has 0 saturated carbocycles. The first-order valence-corrected chi connectivity index (χ1v) is 6.37. The molecule has 108 valence electrons. The number of aliphatic carboxylic acids is 2. The molecule has 5 nitrogen and oxygen atoms in total. The number of furan rings is 1. The van der Waals surface area contributed by atoms with E-state index in [1.165, 1.54) is 6.07 Å². The second-order valence-electron chi connectivity index (χ2n) is 3.99. The van der Waals surface area contributed by atoms with Crippen LogP contribution < -0.4 is 0 Å². The maximum Gasteiger partial charge on any atom is 0.343 e. The summed E-state index contributed by atoms with van der Waals surface area (Å²) < 4.78 is 5.39. The van der Waals surface area contributed by atoms with Crippen molar-refractivity contribution in [2.24, 2.45) is 0 Å². The van der Waals surface area contributed by atoms with Crippen molar-refractivity contribution in [3.63, 3.8) is 0 Å². The molecule has 1 heterocycles. The van der Waals surface area contributed by atoms with Crippen molar-refractivity contribution in [1.82, 2.24) is 0 Å². The fourth-order valence-corrected chi connectivity index (χ4v) is 2.00. The van der Waals surface area contributed by atoms with E-state index in [0.717, 1.165) is 6.08 Å². The molecule has 0 radical (unpaired) electrons. The van der Waals surface area contributed by atoms with Crippen molar-refractivity contribution < 1.29 is 24.2 Å². The van der Waals surface area contributed by atoms with Crippen molar-refractivity contribution in [1.29, 1.82) is 0 Å². The Bertz CT molecular complexity index is 730. The molecule has 0 aliphatic heterocycles. The largest absolute Gasteiger partial charge is 0.477 e. The third kappa shape index (κ3) is 3.45. The summed E-state index contributed by atoms with van der Waals surface area (Å²) in [5, 5.41) is 18.4. The number of hydrogen-bond acceptors (Lipinski definition) is 3. The molecule has 7 heteroatoms. The van der Waals surface area contributed by atoms with Crippen LogP contribution in [0.4, 0.5) is 0 Å². The van der Waals surface area contributed by atoms with Gasteiger partial charge < -0.3 is 14.6 Å². The number of hydrogen-bond donors (Lipinski definition) is 2. The van der Waals surface area contributed by atoms with Gasteiger partial charge >= 0.3 is 11.9 Å². The van der Waals surface area contributed by atoms with E-state index in [0.29, 0.717) is 21.4 Å². The lowest BCUT2D eigenvalue weighted by atomic mass is 10.2. The average molecular weight is 327 g/mol. The van der Waals surface area contributed by atoms with Gasteiger partial charge in [-0.1, -0.05) is 23.2 Å². The van der Waals surface area contributed by atoms with Gasteiger partial charge in [-0.15, -0.1) is 0 Å². The predicted octanol–water partition coefficient (Wildman–Crippen LogP) is 3.81. The maximum absolute atomic E-state index is 10.8. The molecule has 2 aromatic rings. The SMILES string of the molecule is O=C(O)C(=Cc1ccc(-c2cc(Cl)ccc2Cl)o1)C(=O)O. The first kappa shape index (κ1) is 15.2. The molecule has 0 atom stereocenters. The zero-order valence-electron chi connectivity index (χ0n) is 10.3. The standard InChI is InChI=1S/C14H8Cl2O5/c15-7-1-3-11(16)9(5-7)12-4-2-8(21-12)6-10(13(17)18)14(19)20/h1-6H,(H,17,18)(H,19,20). The summed E-state index contributed by atoms with van der Waals surface area (Å²) in [4.78, 5) is 21.6. The highest BCUT2D eigenvalue weighted by atomic mass is 35.5. The molecule has 0 spiro atoms. The molecule has 1 aromatic carbocycles. The highest BCUT2D eigenvalue weighted by Gasteiger charge is 2.17. The van der Waals surface area contributed by atoms with E-state index in [1.54, 1.807) is 24.3 Å². The Morgan fingerprint density at radius 3 is 2.33 bits per heavy atom. The molecule has 21 heavy (non-hydrogen) atoms. The molecular formula is C14H8Cl2O5. The summed E-state index contributed by atoms with van der Waals surface area (Å²) in [7, 11) is 0. The van der Waals surface area contributed by atoms with Gasteiger partial charge in [-0.25, -0.2) is 9.59 Å². The van der Waals surface area contributed by atoms with Crippen LogP contribution in [0.5, 0.6) is 0 Å². The first-order valence-electron chi connectivity index (χ1n) is 5.62. The molecule has 0 aliphatic carbocycles. The van der Waals surface area contributed by atoms with Crippen molar-refractivity contribution in [2.75, 3.05) is 0 Å². The lowest BCUT2D eigenvalue weighted by Crippen LogP contribution is -2.10. The number of carboxylic acids is 2. The van der Waals surface area contributed by atoms with E-state index in [9.17, 15) is 9.59 Å². The summed E-state index contributed by atoms with van der Waals surface area (Å²) in [5.41, 5.74) is -0.274. The van der Waals surface area contributed by atoms with Gasteiger partial charge in [-0.2, -0.15) is 0 Å². The van der Waals surface area contributed by atoms with Crippen LogP contribution >= 0.6 is 23.2 Å². The fourth-order valence-electron chi connectivity index (χ4n) is 1.62. The Kier molecular flexibility index (Phi) is 4.35. The van der Waals surface area contributed by atoms with E-state index >= 15 is 0 Å². The smallest absolute Gasteiger partial charge is 0.343 e. The number of rotatable bonds is 4. The van der Waals surface area contributed by atoms with Gasteiger partial charge in [0.2, 0.25) is 0 Å². The molecule has 0 saturated heterocycles. The van der Waals surface area contributed by atoms with Crippen LogP contribution in [0.15, 0.2) is 40.3 Å². The number of halogens is 2. The van der Waals surface area contributed by atoms with Gasteiger partial charge in [0.05, 0.1) is 5.02 Å². The van der Waals surface area contributed by atoms with E-state index in [2.05, 4.69) is 0 Å². The van der Waals surface area contributed by atoms with Crippen molar-refractivity contribution in [3.05, 3.63) is 51.7 Å². The number of carboxylic acid groups (broad SMARTS) is 2. The highest BCUT2D eigenvalue weighted by molar-refractivity contribution is 6.35. The molecule has 0 amide bonds. The molecule has 0 unspecified atom stereocenters. The molecule has 2 N–H and O–H groups in total. The number of benzene rings is 1. The van der Waals surface area contributed by atoms with Crippen molar-refractivity contribution in [2.45, 2.75) is 0 Å². The molecule has 0 bridgehead atoms. The highest BCUT2D eigenvalue weighted by Crippen LogP contribution is 2.32. The van der Waals surface area contributed by atoms with Gasteiger partial charge in [0.25, 0.3) is 0 Å². The van der Waals surface area contributed by atoms with Crippen LogP contribution in [0.3, 0.4) is 0 Å². The molecule has 2 rings (SSSR count). The van der Waals surface area contributed by atoms with Gasteiger partial charge in [-0.05, 0) is 30.3 Å². The van der Waals surface area contributed by atoms with Crippen molar-refractivity contribution in [3.8, 4) is 11.3 Å². The summed E-state index contributed by atoms with van der Waals surface area (Å²) in [6.07, 6.45) is 0.923. The Morgan fingerprint density at radius 1 is 1.05 bits per heavy atom. The van der Waals surface area contributed by atoms with Gasteiger partial charge in [0.15, 0.2) is 0 Å². The quantitative estimate of drug-likeness (QED) is 0.506. The van der Waals surface area contributed by atoms with Crippen LogP contribution in [0, 0.1) is 0 Å². The minimum absolute atomic E-state index is 0.0841. The van der Waals surface area contributed by atoms with E-state index in [4.69, 9.17) is 37.8 Å². The Morgan fingerprint density at radius 2 is 1.71 bits per heavy atom. The van der Waals surface area contributed by atoms with Crippen LogP contribution in [0.2, 0.25) is 10.0 Å². The molecule has 0 aliphatic rings. The average Bonchev–Trinajstić information content (AvgIpc) is 2.86. The normalized spacial score (nSPS) is 10.2. The lowest BCUT2D eigenvalue weighted by Gasteiger charge is -2.01. The minimum Gasteiger partial charge on any atom is -0.477 e. The third-order valence-corrected chi connectivity index (χ3v) is 3.13. The third-order valence-electron chi connectivity index (χ3n) is 2.57. The second kappa shape index (κ2) is 6.03. The summed E-state index contributed by atoms with van der Waals surface area (Å²) in [6.45, 7) is 0.